The van der Waals surface area contributed by atoms with Crippen molar-refractivity contribution in [2.75, 3.05) is 0 Å². The van der Waals surface area contributed by atoms with E-state index < -0.39 is 23.1 Å². The van der Waals surface area contributed by atoms with Crippen molar-refractivity contribution >= 4 is 17.7 Å². The predicted octanol–water partition coefficient (Wildman–Crippen LogP) is 3.53. The van der Waals surface area contributed by atoms with Crippen LogP contribution in [0.3, 0.4) is 0 Å². The zero-order valence-electron chi connectivity index (χ0n) is 16.5. The molecule has 0 unspecified atom stereocenters. The van der Waals surface area contributed by atoms with Crippen LogP contribution in [-0.2, 0) is 16.4 Å². The normalized spacial score (nSPS) is 12.8. The Labute approximate surface area is 170 Å². The Hall–Kier alpha value is -3.56. The summed E-state index contributed by atoms with van der Waals surface area (Å²) in [6, 6.07) is 3.75. The quantitative estimate of drug-likeness (QED) is 0.656. The third-order valence-corrected chi connectivity index (χ3v) is 4.29. The first-order valence-electron chi connectivity index (χ1n) is 8.86. The number of amides is 1. The highest BCUT2D eigenvalue weighted by molar-refractivity contribution is 6.22. The van der Waals surface area contributed by atoms with Crippen LogP contribution in [0.15, 0.2) is 43.2 Å². The molecule has 2 heterocycles. The van der Waals surface area contributed by atoms with E-state index in [0.717, 1.165) is 12.1 Å². The summed E-state index contributed by atoms with van der Waals surface area (Å²) in [7, 11) is 0. The number of benzene rings is 1. The first-order valence-corrected chi connectivity index (χ1v) is 8.86. The number of carbonyl (C=O) groups is 1. The Kier molecular flexibility index (Phi) is 5.43. The molecule has 3 rings (SSSR count). The number of alkyl halides is 3. The van der Waals surface area contributed by atoms with Gasteiger partial charge in [-0.1, -0.05) is 20.8 Å². The first kappa shape index (κ1) is 21.2. The van der Waals surface area contributed by atoms with Crippen LogP contribution in [0.2, 0.25) is 0 Å². The molecule has 0 saturated heterocycles. The molecular weight excluding hydrogens is 397 g/mol. The molecule has 1 amide bonds. The fraction of sp³-hybridized carbons (Fsp3) is 0.250. The fourth-order valence-electron chi connectivity index (χ4n) is 2.67. The van der Waals surface area contributed by atoms with Crippen molar-refractivity contribution < 1.29 is 18.0 Å². The van der Waals surface area contributed by atoms with Gasteiger partial charge in [-0.3, -0.25) is 4.79 Å². The van der Waals surface area contributed by atoms with E-state index in [0.29, 0.717) is 11.1 Å². The molecule has 0 atom stereocenters. The summed E-state index contributed by atoms with van der Waals surface area (Å²) in [6.07, 6.45) is 2.20. The second-order valence-electron chi connectivity index (χ2n) is 7.63. The zero-order chi connectivity index (χ0) is 22.1. The number of nitrogens with two attached hydrogens (primary N) is 1. The van der Waals surface area contributed by atoms with Crippen LogP contribution in [0.1, 0.15) is 37.5 Å². The highest BCUT2D eigenvalue weighted by atomic mass is 19.4. The number of nitrogens with zero attached hydrogens (tertiary/aromatic N) is 5. The van der Waals surface area contributed by atoms with Crippen molar-refractivity contribution in [2.45, 2.75) is 32.4 Å². The van der Waals surface area contributed by atoms with Gasteiger partial charge in [0.1, 0.15) is 12.7 Å². The van der Waals surface area contributed by atoms with Gasteiger partial charge in [-0.25, -0.2) is 19.6 Å². The van der Waals surface area contributed by atoms with E-state index in [1.807, 2.05) is 20.8 Å². The van der Waals surface area contributed by atoms with Crippen molar-refractivity contribution in [3.8, 4) is 11.4 Å². The number of primary amides is 1. The Morgan fingerprint density at radius 2 is 1.70 bits per heavy atom. The molecule has 10 heteroatoms. The number of aromatic nitrogens is 5. The van der Waals surface area contributed by atoms with Crippen LogP contribution in [0.5, 0.6) is 0 Å². The third-order valence-electron chi connectivity index (χ3n) is 4.29. The predicted molar refractivity (Wildman–Crippen MR) is 105 cm³/mol. The first-order chi connectivity index (χ1) is 13.9. The molecule has 2 N–H and O–H groups in total. The Bertz CT molecular complexity index is 1070. The van der Waals surface area contributed by atoms with Gasteiger partial charge in [-0.05, 0) is 29.2 Å². The van der Waals surface area contributed by atoms with Crippen molar-refractivity contribution in [1.29, 1.82) is 0 Å². The van der Waals surface area contributed by atoms with E-state index in [-0.39, 0.29) is 17.0 Å². The van der Waals surface area contributed by atoms with E-state index in [1.54, 1.807) is 6.07 Å². The molecule has 0 bridgehead atoms. The smallest absolute Gasteiger partial charge is 0.366 e. The van der Waals surface area contributed by atoms with Crippen molar-refractivity contribution in [3.63, 3.8) is 0 Å². The number of hydrogen-bond acceptors (Lipinski definition) is 5. The van der Waals surface area contributed by atoms with E-state index in [9.17, 15) is 18.0 Å². The maximum absolute atomic E-state index is 13.4. The maximum atomic E-state index is 13.4. The average molecular weight is 416 g/mol. The van der Waals surface area contributed by atoms with Crippen LogP contribution >= 0.6 is 0 Å². The molecule has 0 fully saturated rings. The second-order valence-corrected chi connectivity index (χ2v) is 7.63. The van der Waals surface area contributed by atoms with Crippen LogP contribution in [0.4, 0.5) is 13.2 Å². The third kappa shape index (κ3) is 4.70. The highest BCUT2D eigenvalue weighted by Gasteiger charge is 2.32. The number of halogens is 3. The van der Waals surface area contributed by atoms with E-state index in [4.69, 9.17) is 5.73 Å². The van der Waals surface area contributed by atoms with Crippen molar-refractivity contribution in [2.24, 2.45) is 5.73 Å². The second kappa shape index (κ2) is 7.69. The molecule has 0 radical (unpaired) electrons. The maximum Gasteiger partial charge on any atom is 0.416 e. The molecule has 0 aliphatic rings. The summed E-state index contributed by atoms with van der Waals surface area (Å²) in [5, 5.41) is 4.19. The molecule has 2 aromatic heterocycles. The lowest BCUT2D eigenvalue weighted by Gasteiger charge is -2.21. The standard InChI is InChI=1S/C20H19F3N6O/c1-19(2,3)14-4-12(5-15(6-14)20(21,22)23)18-27-11-29(28-18)9-16(17(24)30)13-7-25-10-26-8-13/h4-11H,1-3H3,(H2,24,30)/b16-9+. The van der Waals surface area contributed by atoms with E-state index in [1.165, 1.54) is 35.9 Å². The summed E-state index contributed by atoms with van der Waals surface area (Å²) >= 11 is 0. The fourth-order valence-corrected chi connectivity index (χ4v) is 2.67. The van der Waals surface area contributed by atoms with Gasteiger partial charge in [0.2, 0.25) is 0 Å². The molecule has 7 nitrogen and oxygen atoms in total. The number of rotatable bonds is 4. The van der Waals surface area contributed by atoms with Gasteiger partial charge in [-0.15, -0.1) is 5.10 Å². The molecule has 1 aromatic carbocycles. The van der Waals surface area contributed by atoms with Crippen LogP contribution < -0.4 is 5.73 Å². The van der Waals surface area contributed by atoms with Gasteiger partial charge in [0.25, 0.3) is 5.91 Å². The van der Waals surface area contributed by atoms with E-state index >= 15 is 0 Å². The molecule has 30 heavy (non-hydrogen) atoms. The summed E-state index contributed by atoms with van der Waals surface area (Å²) < 4.78 is 41.4. The zero-order valence-corrected chi connectivity index (χ0v) is 16.5. The van der Waals surface area contributed by atoms with Gasteiger partial charge >= 0.3 is 6.18 Å². The van der Waals surface area contributed by atoms with Crippen molar-refractivity contribution in [1.82, 2.24) is 24.7 Å². The highest BCUT2D eigenvalue weighted by Crippen LogP contribution is 2.35. The Morgan fingerprint density at radius 1 is 1.07 bits per heavy atom. The molecule has 156 valence electrons. The summed E-state index contributed by atoms with van der Waals surface area (Å²) in [5.41, 5.74) is 5.29. The number of carbonyl (C=O) groups excluding carboxylic acids is 1. The van der Waals surface area contributed by atoms with Crippen LogP contribution in [-0.4, -0.2) is 30.6 Å². The average Bonchev–Trinajstić information content (AvgIpc) is 3.13. The summed E-state index contributed by atoms with van der Waals surface area (Å²) in [6.45, 7) is 5.46. The topological polar surface area (TPSA) is 99.6 Å². The monoisotopic (exact) mass is 416 g/mol. The van der Waals surface area contributed by atoms with Gasteiger partial charge in [0.15, 0.2) is 5.82 Å². The van der Waals surface area contributed by atoms with Gasteiger partial charge < -0.3 is 5.73 Å². The van der Waals surface area contributed by atoms with Crippen LogP contribution in [0.25, 0.3) is 23.2 Å². The van der Waals surface area contributed by atoms with Crippen LogP contribution in [0, 0.1) is 0 Å². The Morgan fingerprint density at radius 3 is 2.27 bits per heavy atom. The van der Waals surface area contributed by atoms with Gasteiger partial charge in [-0.2, -0.15) is 13.2 Å². The summed E-state index contributed by atoms with van der Waals surface area (Å²) in [5.74, 6) is -0.660. The molecule has 0 aliphatic heterocycles. The van der Waals surface area contributed by atoms with Gasteiger partial charge in [0.05, 0.1) is 11.1 Å². The lowest BCUT2D eigenvalue weighted by atomic mass is 9.85. The van der Waals surface area contributed by atoms with Crippen molar-refractivity contribution in [3.05, 3.63) is 59.9 Å². The minimum Gasteiger partial charge on any atom is -0.366 e. The van der Waals surface area contributed by atoms with Gasteiger partial charge in [0, 0.05) is 29.7 Å². The Balaban J connectivity index is 2.06. The molecule has 3 aromatic rings. The number of hydrogen-bond donors (Lipinski definition) is 1. The molecule has 0 aliphatic carbocycles. The lowest BCUT2D eigenvalue weighted by Crippen LogP contribution is -2.14. The molecule has 0 saturated carbocycles. The molecule has 0 spiro atoms. The molecular formula is C20H19F3N6O. The largest absolute Gasteiger partial charge is 0.416 e. The minimum atomic E-state index is -4.51. The van der Waals surface area contributed by atoms with E-state index in [2.05, 4.69) is 20.1 Å². The minimum absolute atomic E-state index is 0.0754. The summed E-state index contributed by atoms with van der Waals surface area (Å²) in [4.78, 5) is 23.6. The SMILES string of the molecule is CC(C)(C)c1cc(-c2ncn(/C=C(/C(N)=O)c3cncnc3)n2)cc(C(F)(F)F)c1. The lowest BCUT2D eigenvalue weighted by molar-refractivity contribution is -0.137.